The fourth-order valence-electron chi connectivity index (χ4n) is 3.45. The maximum absolute atomic E-state index is 12.0. The lowest BCUT2D eigenvalue weighted by atomic mass is 10.1. The first-order valence-corrected chi connectivity index (χ1v) is 8.45. The molecule has 2 aliphatic heterocycles. The smallest absolute Gasteiger partial charge is 0.258 e. The monoisotopic (exact) mass is 318 g/mol. The first kappa shape index (κ1) is 16.3. The van der Waals surface area contributed by atoms with Crippen LogP contribution < -0.4 is 10.1 Å². The summed E-state index contributed by atoms with van der Waals surface area (Å²) in [5.41, 5.74) is 2.10. The Labute approximate surface area is 137 Å². The zero-order chi connectivity index (χ0) is 16.2. The van der Waals surface area contributed by atoms with Crippen LogP contribution in [0.4, 0.5) is 0 Å². The molecule has 5 heteroatoms. The molecule has 2 atom stereocenters. The Balaban J connectivity index is 1.41. The van der Waals surface area contributed by atoms with Gasteiger partial charge in [-0.25, -0.2) is 0 Å². The van der Waals surface area contributed by atoms with Crippen molar-refractivity contribution < 1.29 is 14.3 Å². The zero-order valence-electron chi connectivity index (χ0n) is 14.0. The van der Waals surface area contributed by atoms with E-state index in [1.165, 1.54) is 12.8 Å². The number of benzene rings is 1. The van der Waals surface area contributed by atoms with Gasteiger partial charge in [-0.05, 0) is 44.4 Å². The number of amides is 1. The highest BCUT2D eigenvalue weighted by Gasteiger charge is 2.32. The number of morpholine rings is 1. The molecule has 2 heterocycles. The van der Waals surface area contributed by atoms with Crippen molar-refractivity contribution in [2.24, 2.45) is 0 Å². The van der Waals surface area contributed by atoms with Gasteiger partial charge in [-0.1, -0.05) is 18.2 Å². The number of rotatable bonds is 5. The molecule has 0 radical (unpaired) electrons. The van der Waals surface area contributed by atoms with Gasteiger partial charge in [-0.2, -0.15) is 0 Å². The molecule has 1 aromatic rings. The molecule has 126 valence electrons. The second-order valence-corrected chi connectivity index (χ2v) is 6.56. The number of para-hydroxylation sites is 1. The second kappa shape index (κ2) is 7.32. The molecule has 5 nitrogen and oxygen atoms in total. The molecule has 2 saturated heterocycles. The van der Waals surface area contributed by atoms with Crippen LogP contribution in [0.15, 0.2) is 18.2 Å². The minimum absolute atomic E-state index is 0.0464. The zero-order valence-corrected chi connectivity index (χ0v) is 14.0. The molecule has 0 bridgehead atoms. The molecule has 0 spiro atoms. The van der Waals surface area contributed by atoms with Crippen molar-refractivity contribution in [2.75, 3.05) is 32.8 Å². The minimum Gasteiger partial charge on any atom is -0.483 e. The average molecular weight is 318 g/mol. The Morgan fingerprint density at radius 3 is 2.96 bits per heavy atom. The number of carbonyl (C=O) groups is 1. The number of fused-ring (bicyclic) bond motifs is 1. The molecule has 3 rings (SSSR count). The Morgan fingerprint density at radius 2 is 2.17 bits per heavy atom. The lowest BCUT2D eigenvalue weighted by molar-refractivity contribution is -0.124. The van der Waals surface area contributed by atoms with Crippen molar-refractivity contribution in [3.8, 4) is 5.75 Å². The standard InChI is InChI=1S/C18H26N2O3/c1-13-5-3-6-14(2)18(13)23-12-17(21)19-9-16-10-20-8-4-7-15(20)11-22-16/h3,5-6,15-16H,4,7-12H2,1-2H3,(H,19,21)/t15-,16+/m0/s1. The van der Waals surface area contributed by atoms with Gasteiger partial charge in [0.2, 0.25) is 0 Å². The van der Waals surface area contributed by atoms with Crippen molar-refractivity contribution in [3.05, 3.63) is 29.3 Å². The lowest BCUT2D eigenvalue weighted by Gasteiger charge is -2.35. The van der Waals surface area contributed by atoms with Gasteiger partial charge in [0.05, 0.1) is 12.7 Å². The van der Waals surface area contributed by atoms with Crippen molar-refractivity contribution >= 4 is 5.91 Å². The molecular weight excluding hydrogens is 292 g/mol. The largest absolute Gasteiger partial charge is 0.483 e. The quantitative estimate of drug-likeness (QED) is 0.897. The molecule has 0 aromatic heterocycles. The average Bonchev–Trinajstić information content (AvgIpc) is 3.00. The topological polar surface area (TPSA) is 50.8 Å². The van der Waals surface area contributed by atoms with Crippen LogP contribution in [0.25, 0.3) is 0 Å². The predicted octanol–water partition coefficient (Wildman–Crippen LogP) is 1.66. The van der Waals surface area contributed by atoms with E-state index < -0.39 is 0 Å². The second-order valence-electron chi connectivity index (χ2n) is 6.56. The van der Waals surface area contributed by atoms with E-state index in [-0.39, 0.29) is 18.6 Å². The first-order chi connectivity index (χ1) is 11.1. The first-order valence-electron chi connectivity index (χ1n) is 8.45. The number of nitrogens with zero attached hydrogens (tertiary/aromatic N) is 1. The molecule has 2 aliphatic rings. The van der Waals surface area contributed by atoms with Gasteiger partial charge in [-0.15, -0.1) is 0 Å². The van der Waals surface area contributed by atoms with Crippen LogP contribution in [-0.2, 0) is 9.53 Å². The van der Waals surface area contributed by atoms with Crippen molar-refractivity contribution in [1.29, 1.82) is 0 Å². The molecule has 0 aliphatic carbocycles. The summed E-state index contributed by atoms with van der Waals surface area (Å²) < 4.78 is 11.5. The van der Waals surface area contributed by atoms with Crippen molar-refractivity contribution in [1.82, 2.24) is 10.2 Å². The van der Waals surface area contributed by atoms with Crippen molar-refractivity contribution in [2.45, 2.75) is 38.8 Å². The van der Waals surface area contributed by atoms with E-state index in [0.29, 0.717) is 12.6 Å². The summed E-state index contributed by atoms with van der Waals surface area (Å²) in [4.78, 5) is 14.5. The minimum atomic E-state index is -0.0974. The highest BCUT2D eigenvalue weighted by molar-refractivity contribution is 5.77. The molecule has 1 amide bonds. The Morgan fingerprint density at radius 1 is 1.39 bits per heavy atom. The van der Waals surface area contributed by atoms with Gasteiger partial charge in [0.1, 0.15) is 5.75 Å². The maximum atomic E-state index is 12.0. The third-order valence-electron chi connectivity index (χ3n) is 4.74. The summed E-state index contributed by atoms with van der Waals surface area (Å²) in [7, 11) is 0. The molecule has 0 unspecified atom stereocenters. The summed E-state index contributed by atoms with van der Waals surface area (Å²) in [6, 6.07) is 6.56. The van der Waals surface area contributed by atoms with Gasteiger partial charge >= 0.3 is 0 Å². The van der Waals surface area contributed by atoms with Crippen LogP contribution in [0.2, 0.25) is 0 Å². The number of hydrogen-bond acceptors (Lipinski definition) is 4. The maximum Gasteiger partial charge on any atom is 0.258 e. The van der Waals surface area contributed by atoms with E-state index in [9.17, 15) is 4.79 Å². The van der Waals surface area contributed by atoms with Crippen LogP contribution >= 0.6 is 0 Å². The van der Waals surface area contributed by atoms with Crippen LogP contribution in [0.3, 0.4) is 0 Å². The van der Waals surface area contributed by atoms with Crippen molar-refractivity contribution in [3.63, 3.8) is 0 Å². The summed E-state index contributed by atoms with van der Waals surface area (Å²) >= 11 is 0. The summed E-state index contributed by atoms with van der Waals surface area (Å²) in [5, 5.41) is 2.93. The van der Waals surface area contributed by atoms with E-state index in [2.05, 4.69) is 10.2 Å². The number of ether oxygens (including phenoxy) is 2. The van der Waals surface area contributed by atoms with E-state index >= 15 is 0 Å². The molecule has 2 fully saturated rings. The van der Waals surface area contributed by atoms with Crippen LogP contribution in [0.1, 0.15) is 24.0 Å². The summed E-state index contributed by atoms with van der Waals surface area (Å²) in [6.07, 6.45) is 2.59. The van der Waals surface area contributed by atoms with E-state index in [1.54, 1.807) is 0 Å². The number of nitrogens with one attached hydrogen (secondary N) is 1. The number of carbonyl (C=O) groups excluding carboxylic acids is 1. The van der Waals surface area contributed by atoms with Gasteiger partial charge in [-0.3, -0.25) is 9.69 Å². The van der Waals surface area contributed by atoms with Gasteiger partial charge < -0.3 is 14.8 Å². The summed E-state index contributed by atoms with van der Waals surface area (Å²) in [6.45, 7) is 7.45. The van der Waals surface area contributed by atoms with Gasteiger partial charge in [0.15, 0.2) is 6.61 Å². The summed E-state index contributed by atoms with van der Waals surface area (Å²) in [5.74, 6) is 0.705. The van der Waals surface area contributed by atoms with Crippen LogP contribution in [0, 0.1) is 13.8 Å². The van der Waals surface area contributed by atoms with E-state index in [4.69, 9.17) is 9.47 Å². The molecule has 1 aromatic carbocycles. The third kappa shape index (κ3) is 4.03. The lowest BCUT2D eigenvalue weighted by Crippen LogP contribution is -2.50. The normalized spacial score (nSPS) is 24.3. The Bertz CT molecular complexity index is 541. The molecule has 23 heavy (non-hydrogen) atoms. The van der Waals surface area contributed by atoms with E-state index in [0.717, 1.165) is 36.6 Å². The van der Waals surface area contributed by atoms with Gasteiger partial charge in [0.25, 0.3) is 5.91 Å². The highest BCUT2D eigenvalue weighted by atomic mass is 16.5. The van der Waals surface area contributed by atoms with Crippen LogP contribution in [0.5, 0.6) is 5.75 Å². The van der Waals surface area contributed by atoms with Gasteiger partial charge in [0, 0.05) is 19.1 Å². The molecule has 0 saturated carbocycles. The fraction of sp³-hybridized carbons (Fsp3) is 0.611. The van der Waals surface area contributed by atoms with Crippen LogP contribution in [-0.4, -0.2) is 55.8 Å². The highest BCUT2D eigenvalue weighted by Crippen LogP contribution is 2.23. The predicted molar refractivity (Wildman–Crippen MR) is 88.8 cm³/mol. The third-order valence-corrected chi connectivity index (χ3v) is 4.74. The number of hydrogen-bond donors (Lipinski definition) is 1. The molecule has 1 N–H and O–H groups in total. The SMILES string of the molecule is Cc1cccc(C)c1OCC(=O)NC[C@@H]1CN2CCC[C@H]2CO1. The van der Waals surface area contributed by atoms with E-state index in [1.807, 2.05) is 32.0 Å². The Kier molecular flexibility index (Phi) is 5.18. The fourth-order valence-corrected chi connectivity index (χ4v) is 3.45. The Hall–Kier alpha value is -1.59. The number of aryl methyl sites for hydroxylation is 2. The molecular formula is C18H26N2O3.